The van der Waals surface area contributed by atoms with E-state index in [4.69, 9.17) is 26.8 Å². The molecule has 0 aromatic heterocycles. The van der Waals surface area contributed by atoms with Gasteiger partial charge in [0, 0.05) is 10.2 Å². The Balaban J connectivity index is 0.814. The maximum Gasteiger partial charge on any atom is 0.343 e. The van der Waals surface area contributed by atoms with E-state index in [9.17, 15) is 14.4 Å². The molecule has 0 amide bonds. The predicted molar refractivity (Wildman–Crippen MR) is 186 cm³/mol. The molecule has 2 aromatic carbocycles. The van der Waals surface area contributed by atoms with Gasteiger partial charge in [0.05, 0.1) is 25.0 Å². The molecule has 256 valence electrons. The summed E-state index contributed by atoms with van der Waals surface area (Å²) in [4.78, 5) is 38.3. The number of hydrogen-bond acceptors (Lipinski definition) is 7. The number of ether oxygens (including phenoxy) is 3. The van der Waals surface area contributed by atoms with Crippen molar-refractivity contribution in [2.45, 2.75) is 114 Å². The van der Waals surface area contributed by atoms with Gasteiger partial charge in [-0.2, -0.15) is 12.6 Å². The van der Waals surface area contributed by atoms with Crippen LogP contribution in [0.25, 0.3) is 0 Å². The Kier molecular flexibility index (Phi) is 8.66. The highest BCUT2D eigenvalue weighted by Gasteiger charge is 2.57. The Morgan fingerprint density at radius 1 is 0.854 bits per heavy atom. The van der Waals surface area contributed by atoms with Crippen LogP contribution < -0.4 is 4.74 Å². The van der Waals surface area contributed by atoms with E-state index in [1.807, 2.05) is 24.3 Å². The summed E-state index contributed by atoms with van der Waals surface area (Å²) in [6.07, 6.45) is 13.5. The lowest BCUT2D eigenvalue weighted by Crippen LogP contribution is -2.54. The summed E-state index contributed by atoms with van der Waals surface area (Å²) in [5.41, 5.74) is 3.18. The number of hydrogen-bond donors (Lipinski definition) is 1. The second-order valence-electron chi connectivity index (χ2n) is 16.4. The van der Waals surface area contributed by atoms with E-state index >= 15 is 0 Å². The minimum atomic E-state index is -0.333. The Labute approximate surface area is 290 Å². The summed E-state index contributed by atoms with van der Waals surface area (Å²) in [5, 5.41) is 0. The summed E-state index contributed by atoms with van der Waals surface area (Å²) in [6.45, 7) is 2.72. The molecule has 0 radical (unpaired) electrons. The molecule has 0 N–H and O–H groups in total. The highest BCUT2D eigenvalue weighted by molar-refractivity contribution is 7.81. The molecule has 5 atom stereocenters. The molecule has 7 heteroatoms. The maximum absolute atomic E-state index is 13.0. The fourth-order valence-electron chi connectivity index (χ4n) is 11.7. The van der Waals surface area contributed by atoms with Crippen molar-refractivity contribution in [1.29, 1.82) is 0 Å². The topological polar surface area (TPSA) is 78.9 Å². The first-order valence-electron chi connectivity index (χ1n) is 18.7. The molecule has 0 spiro atoms. The zero-order valence-corrected chi connectivity index (χ0v) is 29.1. The van der Waals surface area contributed by atoms with E-state index in [-0.39, 0.29) is 47.0 Å². The third-order valence-corrected chi connectivity index (χ3v) is 14.9. The number of carbonyl (C=O) groups excluding carboxylic acids is 3. The van der Waals surface area contributed by atoms with Crippen LogP contribution in [0.3, 0.4) is 0 Å². The van der Waals surface area contributed by atoms with Gasteiger partial charge in [-0.25, -0.2) is 4.79 Å². The first kappa shape index (κ1) is 32.4. The molecule has 0 unspecified atom stereocenters. The molecule has 7 aliphatic carbocycles. The van der Waals surface area contributed by atoms with E-state index in [1.165, 1.54) is 43.2 Å². The van der Waals surface area contributed by atoms with E-state index in [0.717, 1.165) is 56.8 Å². The second kappa shape index (κ2) is 12.8. The molecule has 6 saturated carbocycles. The van der Waals surface area contributed by atoms with Crippen molar-refractivity contribution in [3.8, 4) is 5.75 Å². The smallest absolute Gasteiger partial charge is 0.343 e. The zero-order valence-electron chi connectivity index (χ0n) is 28.2. The molecule has 0 aliphatic heterocycles. The van der Waals surface area contributed by atoms with Gasteiger partial charge in [-0.05, 0) is 154 Å². The van der Waals surface area contributed by atoms with Gasteiger partial charge in [-0.15, -0.1) is 0 Å². The molecule has 6 fully saturated rings. The monoisotopic (exact) mass is 670 g/mol. The molecule has 9 rings (SSSR count). The fourth-order valence-corrected chi connectivity index (χ4v) is 12.3. The lowest BCUT2D eigenvalue weighted by Gasteiger charge is -2.59. The van der Waals surface area contributed by atoms with Gasteiger partial charge >= 0.3 is 17.9 Å². The third-order valence-electron chi connectivity index (χ3n) is 14.0. The van der Waals surface area contributed by atoms with Gasteiger partial charge in [0.25, 0.3) is 0 Å². The van der Waals surface area contributed by atoms with Gasteiger partial charge in [0.15, 0.2) is 0 Å². The lowest BCUT2D eigenvalue weighted by molar-refractivity contribution is -0.160. The predicted octanol–water partition coefficient (Wildman–Crippen LogP) is 8.51. The standard InChI is InChI=1S/C41H50O6S/c1-40-16-15-33-32-10-8-31(46-39(44)27-5-3-2-4-6-27)24-28(32)7-9-34(33)35(40)11-12-36(40)47-38(43)14-13-37(42)45-18-17-41(48)29-20-25-19-26(22-29)23-30(41)21-25/h2-6,8,10,24-26,29-30,33-36,48H,7,9,11-23H2,1H3/t25?,26?,29?,30?,33-,34-,35+,36+,40+,41?/m1/s1. The van der Waals surface area contributed by atoms with Crippen LogP contribution in [0.15, 0.2) is 48.5 Å². The number of esters is 3. The summed E-state index contributed by atoms with van der Waals surface area (Å²) in [5.74, 6) is 4.32. The fraction of sp³-hybridized carbons (Fsp3) is 0.634. The summed E-state index contributed by atoms with van der Waals surface area (Å²) in [7, 11) is 0. The third kappa shape index (κ3) is 5.90. The van der Waals surface area contributed by atoms with Crippen LogP contribution in [0.1, 0.15) is 118 Å². The number of aryl methyl sites for hydroxylation is 1. The van der Waals surface area contributed by atoms with Crippen molar-refractivity contribution in [1.82, 2.24) is 0 Å². The van der Waals surface area contributed by atoms with E-state index < -0.39 is 0 Å². The van der Waals surface area contributed by atoms with Crippen molar-refractivity contribution >= 4 is 30.5 Å². The normalized spacial score (nSPS) is 37.2. The van der Waals surface area contributed by atoms with Crippen molar-refractivity contribution < 1.29 is 28.6 Å². The summed E-state index contributed by atoms with van der Waals surface area (Å²) < 4.78 is 17.5. The van der Waals surface area contributed by atoms with Gasteiger partial charge in [0.2, 0.25) is 0 Å². The molecular weight excluding hydrogens is 621 g/mol. The largest absolute Gasteiger partial charge is 0.466 e. The van der Waals surface area contributed by atoms with Gasteiger partial charge in [-0.1, -0.05) is 31.2 Å². The molecular formula is C41H50O6S. The molecule has 4 bridgehead atoms. The van der Waals surface area contributed by atoms with Crippen LogP contribution in [-0.2, 0) is 25.5 Å². The van der Waals surface area contributed by atoms with Crippen LogP contribution in [0.5, 0.6) is 5.75 Å². The van der Waals surface area contributed by atoms with Gasteiger partial charge < -0.3 is 14.2 Å². The second-order valence-corrected chi connectivity index (χ2v) is 17.2. The molecule has 7 aliphatic rings. The highest BCUT2D eigenvalue weighted by Crippen LogP contribution is 2.63. The van der Waals surface area contributed by atoms with Crippen LogP contribution in [0.4, 0.5) is 0 Å². The Morgan fingerprint density at radius 2 is 1.58 bits per heavy atom. The zero-order chi connectivity index (χ0) is 33.0. The van der Waals surface area contributed by atoms with Gasteiger partial charge in [0.1, 0.15) is 11.9 Å². The maximum atomic E-state index is 13.0. The van der Waals surface area contributed by atoms with Crippen molar-refractivity contribution in [2.75, 3.05) is 6.61 Å². The average molecular weight is 671 g/mol. The van der Waals surface area contributed by atoms with E-state index in [2.05, 4.69) is 19.1 Å². The highest BCUT2D eigenvalue weighted by atomic mass is 32.1. The van der Waals surface area contributed by atoms with Crippen LogP contribution in [0, 0.1) is 40.9 Å². The van der Waals surface area contributed by atoms with Gasteiger partial charge in [-0.3, -0.25) is 9.59 Å². The Hall–Kier alpha value is -2.80. The number of rotatable bonds is 9. The summed E-state index contributed by atoms with van der Waals surface area (Å²) >= 11 is 5.22. The van der Waals surface area contributed by atoms with Crippen molar-refractivity contribution in [3.05, 3.63) is 65.2 Å². The van der Waals surface area contributed by atoms with Crippen LogP contribution in [-0.4, -0.2) is 35.4 Å². The molecule has 2 aromatic rings. The molecule has 48 heavy (non-hydrogen) atoms. The SMILES string of the molecule is C[C@]12CC[C@@H]3c4ccc(OC(=O)c5ccccc5)cc4CC[C@H]3[C@@H]1CC[C@@H]2OC(=O)CCC(=O)OCCC1(S)C2CC3CC(C2)CC1C3. The lowest BCUT2D eigenvalue weighted by atomic mass is 9.51. The first-order chi connectivity index (χ1) is 23.2. The first-order valence-corrected chi connectivity index (χ1v) is 19.1. The van der Waals surface area contributed by atoms with Crippen molar-refractivity contribution in [3.63, 3.8) is 0 Å². The minimum absolute atomic E-state index is 0.000813. The molecule has 0 saturated heterocycles. The number of thiol groups is 1. The molecule has 6 nitrogen and oxygen atoms in total. The Morgan fingerprint density at radius 3 is 2.33 bits per heavy atom. The van der Waals surface area contributed by atoms with E-state index in [0.29, 0.717) is 47.5 Å². The number of fused-ring (bicyclic) bond motifs is 5. The van der Waals surface area contributed by atoms with Crippen LogP contribution >= 0.6 is 12.6 Å². The Bertz CT molecular complexity index is 1530. The minimum Gasteiger partial charge on any atom is -0.466 e. The van der Waals surface area contributed by atoms with Crippen molar-refractivity contribution in [2.24, 2.45) is 40.9 Å². The quantitative estimate of drug-likeness (QED) is 0.164. The van der Waals surface area contributed by atoms with Crippen LogP contribution in [0.2, 0.25) is 0 Å². The number of benzene rings is 2. The average Bonchev–Trinajstić information content (AvgIpc) is 3.41. The van der Waals surface area contributed by atoms with E-state index in [1.54, 1.807) is 12.1 Å². The number of carbonyl (C=O) groups is 3. The summed E-state index contributed by atoms with van der Waals surface area (Å²) in [6, 6.07) is 15.3. The molecule has 0 heterocycles.